The number of aryl methyl sites for hydroxylation is 2. The highest BCUT2D eigenvalue weighted by atomic mass is 32.2. The molecule has 3 nitrogen and oxygen atoms in total. The van der Waals surface area contributed by atoms with Crippen LogP contribution < -0.4 is 5.32 Å². The van der Waals surface area contributed by atoms with Crippen LogP contribution in [0, 0.1) is 13.8 Å². The van der Waals surface area contributed by atoms with E-state index in [4.69, 9.17) is 0 Å². The van der Waals surface area contributed by atoms with E-state index in [1.165, 1.54) is 5.56 Å². The molecule has 0 aliphatic rings. The second-order valence-corrected chi connectivity index (χ2v) is 6.07. The van der Waals surface area contributed by atoms with E-state index >= 15 is 0 Å². The molecule has 1 heterocycles. The molecule has 1 aromatic rings. The summed E-state index contributed by atoms with van der Waals surface area (Å²) in [5.74, 6) is 1.87. The quantitative estimate of drug-likeness (QED) is 0.845. The van der Waals surface area contributed by atoms with Crippen LogP contribution in [0.2, 0.25) is 0 Å². The molecule has 0 aliphatic heterocycles. The van der Waals surface area contributed by atoms with Gasteiger partial charge in [0.2, 0.25) is 0 Å². The van der Waals surface area contributed by atoms with Crippen LogP contribution in [-0.2, 0) is 12.2 Å². The molecule has 0 saturated carbocycles. The van der Waals surface area contributed by atoms with E-state index in [9.17, 15) is 0 Å². The van der Waals surface area contributed by atoms with Gasteiger partial charge in [-0.1, -0.05) is 13.8 Å². The van der Waals surface area contributed by atoms with Gasteiger partial charge in [-0.05, 0) is 44.7 Å². The maximum Gasteiger partial charge on any atom is 0.138 e. The van der Waals surface area contributed by atoms with Gasteiger partial charge in [0, 0.05) is 11.4 Å². The summed E-state index contributed by atoms with van der Waals surface area (Å²) in [4.78, 5) is 9.20. The van der Waals surface area contributed by atoms with Gasteiger partial charge in [0.1, 0.15) is 5.82 Å². The summed E-state index contributed by atoms with van der Waals surface area (Å²) in [6.45, 7) is 9.55. The van der Waals surface area contributed by atoms with E-state index in [0.717, 1.165) is 35.9 Å². The summed E-state index contributed by atoms with van der Waals surface area (Å²) < 4.78 is 0. The van der Waals surface area contributed by atoms with E-state index < -0.39 is 0 Å². The maximum absolute atomic E-state index is 4.60. The van der Waals surface area contributed by atoms with E-state index in [0.29, 0.717) is 5.25 Å². The van der Waals surface area contributed by atoms with Crippen molar-refractivity contribution in [2.45, 2.75) is 45.1 Å². The van der Waals surface area contributed by atoms with Gasteiger partial charge in [-0.2, -0.15) is 11.8 Å². The minimum atomic E-state index is 0.628. The molecule has 0 spiro atoms. The Morgan fingerprint density at radius 1 is 1.18 bits per heavy atom. The third-order valence-corrected chi connectivity index (χ3v) is 3.73. The summed E-state index contributed by atoms with van der Waals surface area (Å²) in [6.07, 6.45) is 1.01. The predicted octanol–water partition coefficient (Wildman–Crippen LogP) is 2.50. The molecule has 0 amide bonds. The van der Waals surface area contributed by atoms with Gasteiger partial charge in [0.25, 0.3) is 0 Å². The van der Waals surface area contributed by atoms with Crippen LogP contribution >= 0.6 is 11.8 Å². The lowest BCUT2D eigenvalue weighted by atomic mass is 10.1. The molecule has 1 rings (SSSR count). The fourth-order valence-electron chi connectivity index (χ4n) is 1.73. The number of thioether (sulfide) groups is 1. The second-order valence-electron chi connectivity index (χ2n) is 4.50. The Balaban J connectivity index is 2.78. The van der Waals surface area contributed by atoms with Gasteiger partial charge in [-0.15, -0.1) is 0 Å². The van der Waals surface area contributed by atoms with Crippen molar-refractivity contribution >= 4 is 11.8 Å². The zero-order valence-corrected chi connectivity index (χ0v) is 12.3. The standard InChI is InChI=1S/C13H23N3S/c1-9(2)17-8-13-15-10(3)12(6-7-14-5)11(4)16-13/h9,14H,6-8H2,1-5H3. The molecule has 0 saturated heterocycles. The van der Waals surface area contributed by atoms with Gasteiger partial charge in [0.05, 0.1) is 5.75 Å². The van der Waals surface area contributed by atoms with E-state index in [1.54, 1.807) is 0 Å². The largest absolute Gasteiger partial charge is 0.319 e. The predicted molar refractivity (Wildman–Crippen MR) is 75.6 cm³/mol. The average molecular weight is 253 g/mol. The Hall–Kier alpha value is -0.610. The van der Waals surface area contributed by atoms with Crippen LogP contribution in [0.3, 0.4) is 0 Å². The average Bonchev–Trinajstić information content (AvgIpc) is 2.25. The molecular formula is C13H23N3S. The fraction of sp³-hybridized carbons (Fsp3) is 0.692. The molecule has 0 radical (unpaired) electrons. The molecule has 17 heavy (non-hydrogen) atoms. The number of aromatic nitrogens is 2. The Labute approximate surface area is 109 Å². The summed E-state index contributed by atoms with van der Waals surface area (Å²) in [5, 5.41) is 3.79. The molecule has 4 heteroatoms. The topological polar surface area (TPSA) is 37.8 Å². The van der Waals surface area contributed by atoms with Crippen LogP contribution in [0.15, 0.2) is 0 Å². The molecule has 1 N–H and O–H groups in total. The minimum Gasteiger partial charge on any atom is -0.319 e. The molecule has 0 fully saturated rings. The molecule has 1 aromatic heterocycles. The molecule has 0 bridgehead atoms. The van der Waals surface area contributed by atoms with Gasteiger partial charge in [0.15, 0.2) is 0 Å². The SMILES string of the molecule is CNCCc1c(C)nc(CSC(C)C)nc1C. The first-order valence-electron chi connectivity index (χ1n) is 6.13. The van der Waals surface area contributed by atoms with Gasteiger partial charge in [-0.25, -0.2) is 9.97 Å². The number of likely N-dealkylation sites (N-methyl/N-ethyl adjacent to an activating group) is 1. The highest BCUT2D eigenvalue weighted by molar-refractivity contribution is 7.99. The molecule has 96 valence electrons. The van der Waals surface area contributed by atoms with E-state index in [-0.39, 0.29) is 0 Å². The Bertz CT molecular complexity index is 341. The highest BCUT2D eigenvalue weighted by Gasteiger charge is 2.08. The number of nitrogens with one attached hydrogen (secondary N) is 1. The first kappa shape index (κ1) is 14.5. The van der Waals surface area contributed by atoms with Crippen LogP contribution in [-0.4, -0.2) is 28.8 Å². The number of nitrogens with zero attached hydrogens (tertiary/aromatic N) is 2. The van der Waals surface area contributed by atoms with E-state index in [1.807, 2.05) is 18.8 Å². The zero-order valence-electron chi connectivity index (χ0n) is 11.5. The second kappa shape index (κ2) is 6.97. The van der Waals surface area contributed by atoms with Crippen molar-refractivity contribution in [2.75, 3.05) is 13.6 Å². The lowest BCUT2D eigenvalue weighted by Crippen LogP contribution is -2.14. The maximum atomic E-state index is 4.60. The minimum absolute atomic E-state index is 0.628. The van der Waals surface area contributed by atoms with Gasteiger partial charge < -0.3 is 5.32 Å². The van der Waals surface area contributed by atoms with Gasteiger partial charge >= 0.3 is 0 Å². The van der Waals surface area contributed by atoms with Crippen molar-refractivity contribution in [3.63, 3.8) is 0 Å². The molecule has 0 aliphatic carbocycles. The van der Waals surface area contributed by atoms with Crippen LogP contribution in [0.25, 0.3) is 0 Å². The number of rotatable bonds is 6. The third-order valence-electron chi connectivity index (χ3n) is 2.64. The van der Waals surface area contributed by atoms with Crippen molar-refractivity contribution < 1.29 is 0 Å². The molecule has 0 atom stereocenters. The Morgan fingerprint density at radius 2 is 1.76 bits per heavy atom. The molecule has 0 aromatic carbocycles. The summed E-state index contributed by atoms with van der Waals surface area (Å²) in [5.41, 5.74) is 3.55. The van der Waals surface area contributed by atoms with Crippen LogP contribution in [0.1, 0.15) is 36.6 Å². The monoisotopic (exact) mass is 253 g/mol. The van der Waals surface area contributed by atoms with Crippen molar-refractivity contribution in [3.05, 3.63) is 22.8 Å². The smallest absolute Gasteiger partial charge is 0.138 e. The number of hydrogen-bond donors (Lipinski definition) is 1. The number of hydrogen-bond acceptors (Lipinski definition) is 4. The van der Waals surface area contributed by atoms with Crippen LogP contribution in [0.5, 0.6) is 0 Å². The first-order valence-corrected chi connectivity index (χ1v) is 7.18. The van der Waals surface area contributed by atoms with Crippen molar-refractivity contribution in [1.29, 1.82) is 0 Å². The fourth-order valence-corrected chi connectivity index (χ4v) is 2.34. The highest BCUT2D eigenvalue weighted by Crippen LogP contribution is 2.17. The zero-order chi connectivity index (χ0) is 12.8. The van der Waals surface area contributed by atoms with Crippen molar-refractivity contribution in [1.82, 2.24) is 15.3 Å². The Kier molecular flexibility index (Phi) is 5.92. The first-order chi connectivity index (χ1) is 8.04. The van der Waals surface area contributed by atoms with E-state index in [2.05, 4.69) is 43.0 Å². The van der Waals surface area contributed by atoms with Crippen molar-refractivity contribution in [2.24, 2.45) is 0 Å². The van der Waals surface area contributed by atoms with Crippen molar-refractivity contribution in [3.8, 4) is 0 Å². The van der Waals surface area contributed by atoms with Gasteiger partial charge in [-0.3, -0.25) is 0 Å². The normalized spacial score (nSPS) is 11.2. The molecular weight excluding hydrogens is 230 g/mol. The summed E-state index contributed by atoms with van der Waals surface area (Å²) in [7, 11) is 1.97. The summed E-state index contributed by atoms with van der Waals surface area (Å²) in [6, 6.07) is 0. The lowest BCUT2D eigenvalue weighted by molar-refractivity contribution is 0.769. The summed E-state index contributed by atoms with van der Waals surface area (Å²) >= 11 is 1.89. The third kappa shape index (κ3) is 4.64. The Morgan fingerprint density at radius 3 is 2.24 bits per heavy atom. The van der Waals surface area contributed by atoms with Crippen LogP contribution in [0.4, 0.5) is 0 Å². The molecule has 0 unspecified atom stereocenters. The lowest BCUT2D eigenvalue weighted by Gasteiger charge is -2.11.